The van der Waals surface area contributed by atoms with Crippen molar-refractivity contribution in [2.75, 3.05) is 7.05 Å². The van der Waals surface area contributed by atoms with Crippen LogP contribution in [0, 0.1) is 5.41 Å². The third-order valence-electron chi connectivity index (χ3n) is 6.87. The number of nitrogens with one attached hydrogen (secondary N) is 5. The first-order valence-corrected chi connectivity index (χ1v) is 13.1. The fourth-order valence-electron chi connectivity index (χ4n) is 4.53. The molecule has 3 aromatic rings. The van der Waals surface area contributed by atoms with E-state index in [0.29, 0.717) is 23.7 Å². The molecule has 0 spiro atoms. The Morgan fingerprint density at radius 2 is 2.00 bits per heavy atom. The molecule has 10 heteroatoms. The number of hydrogen-bond donors (Lipinski definition) is 5. The van der Waals surface area contributed by atoms with Crippen LogP contribution in [0.15, 0.2) is 71.7 Å². The molecule has 2 amide bonds. The predicted octanol–water partition coefficient (Wildman–Crippen LogP) is 3.57. The van der Waals surface area contributed by atoms with Gasteiger partial charge in [-0.25, -0.2) is 4.98 Å². The normalized spacial score (nSPS) is 19.3. The summed E-state index contributed by atoms with van der Waals surface area (Å²) in [4.78, 5) is 30.9. The lowest BCUT2D eigenvalue weighted by Gasteiger charge is -2.16. The molecular weight excluding hydrogens is 492 g/mol. The van der Waals surface area contributed by atoms with Gasteiger partial charge in [0.2, 0.25) is 0 Å². The van der Waals surface area contributed by atoms with E-state index in [1.165, 1.54) is 0 Å². The number of aromatic nitrogens is 4. The summed E-state index contributed by atoms with van der Waals surface area (Å²) in [6.07, 6.45) is 11.4. The molecule has 2 aromatic heterocycles. The lowest BCUT2D eigenvalue weighted by atomic mass is 10.1. The summed E-state index contributed by atoms with van der Waals surface area (Å²) in [7, 11) is 1.55. The van der Waals surface area contributed by atoms with Crippen molar-refractivity contribution < 1.29 is 9.59 Å². The van der Waals surface area contributed by atoms with E-state index < -0.39 is 11.8 Å². The molecule has 0 saturated heterocycles. The van der Waals surface area contributed by atoms with Crippen molar-refractivity contribution in [3.63, 3.8) is 0 Å². The molecule has 5 rings (SSSR count). The smallest absolute Gasteiger partial charge is 0.272 e. The maximum absolute atomic E-state index is 13.2. The van der Waals surface area contributed by atoms with Crippen molar-refractivity contribution in [2.45, 2.75) is 44.6 Å². The number of aromatic amines is 1. The summed E-state index contributed by atoms with van der Waals surface area (Å²) in [6, 6.07) is 11.9. The highest BCUT2D eigenvalue weighted by Gasteiger charge is 2.26. The van der Waals surface area contributed by atoms with Gasteiger partial charge >= 0.3 is 0 Å². The first kappa shape index (κ1) is 25.9. The average Bonchev–Trinajstić information content (AvgIpc) is 3.54. The minimum absolute atomic E-state index is 0.00212. The van der Waals surface area contributed by atoms with Gasteiger partial charge < -0.3 is 25.9 Å². The highest BCUT2D eigenvalue weighted by atomic mass is 16.2. The van der Waals surface area contributed by atoms with Gasteiger partial charge in [-0.2, -0.15) is 5.10 Å². The van der Waals surface area contributed by atoms with Crippen LogP contribution in [0.3, 0.4) is 0 Å². The van der Waals surface area contributed by atoms with Crippen LogP contribution >= 0.6 is 0 Å². The molecule has 1 atom stereocenters. The molecule has 10 nitrogen and oxygen atoms in total. The van der Waals surface area contributed by atoms with E-state index in [2.05, 4.69) is 33.1 Å². The summed E-state index contributed by atoms with van der Waals surface area (Å²) < 4.78 is 1.97. The van der Waals surface area contributed by atoms with Gasteiger partial charge in [-0.1, -0.05) is 43.3 Å². The quantitative estimate of drug-likeness (QED) is 0.215. The number of allylic oxidation sites excluding steroid dienone is 2. The Labute approximate surface area is 226 Å². The van der Waals surface area contributed by atoms with Gasteiger partial charge in [0.15, 0.2) is 0 Å². The van der Waals surface area contributed by atoms with Gasteiger partial charge in [0.05, 0.1) is 23.5 Å². The van der Waals surface area contributed by atoms with Crippen LogP contribution < -0.4 is 16.0 Å². The molecule has 1 saturated carbocycles. The van der Waals surface area contributed by atoms with Gasteiger partial charge in [-0.15, -0.1) is 0 Å². The molecule has 3 heterocycles. The second-order valence-corrected chi connectivity index (χ2v) is 9.78. The predicted molar refractivity (Wildman–Crippen MR) is 150 cm³/mol. The number of fused-ring (bicyclic) bond motifs is 1. The van der Waals surface area contributed by atoms with Crippen molar-refractivity contribution in [2.24, 2.45) is 0 Å². The monoisotopic (exact) mass is 524 g/mol. The van der Waals surface area contributed by atoms with E-state index in [1.807, 2.05) is 59.4 Å². The Morgan fingerprint density at radius 3 is 2.72 bits per heavy atom. The largest absolute Gasteiger partial charge is 0.383 e. The number of H-pyrrole nitrogens is 1. The second kappa shape index (κ2) is 11.3. The standard InChI is InChI=1S/C29H32N8O2/c1-18-8-11-21(12-13-37-17-25(34-27(18)37)19-6-4-3-5-7-19)33-29(39)26(31-2)23(15-30)28(38)32-16-22-14-24(36-35-22)20-9-10-20/h3-7,11-15,17-18,20,30-31H,8-10,16H2,1-2H3,(H,32,38)(H,33,39)(H,35,36)/b13-12-,21-11-,26-23+,30-15?. The van der Waals surface area contributed by atoms with E-state index in [0.717, 1.165) is 41.8 Å². The van der Waals surface area contributed by atoms with Crippen LogP contribution in [0.4, 0.5) is 0 Å². The molecule has 1 unspecified atom stereocenters. The van der Waals surface area contributed by atoms with Gasteiger partial charge in [0, 0.05) is 54.4 Å². The summed E-state index contributed by atoms with van der Waals surface area (Å²) >= 11 is 0. The first-order valence-electron chi connectivity index (χ1n) is 13.1. The lowest BCUT2D eigenvalue weighted by molar-refractivity contribution is -0.119. The number of amides is 2. The number of imidazole rings is 1. The second-order valence-electron chi connectivity index (χ2n) is 9.78. The topological polar surface area (TPSA) is 141 Å². The fourth-order valence-corrected chi connectivity index (χ4v) is 4.53. The van der Waals surface area contributed by atoms with E-state index in [4.69, 9.17) is 10.4 Å². The van der Waals surface area contributed by atoms with E-state index in [9.17, 15) is 9.59 Å². The highest BCUT2D eigenvalue weighted by molar-refractivity contribution is 6.17. The average molecular weight is 525 g/mol. The Balaban J connectivity index is 1.28. The van der Waals surface area contributed by atoms with Crippen molar-refractivity contribution in [1.29, 1.82) is 5.41 Å². The number of nitrogens with zero attached hydrogens (tertiary/aromatic N) is 3. The van der Waals surface area contributed by atoms with Crippen molar-refractivity contribution in [3.8, 4) is 11.3 Å². The van der Waals surface area contributed by atoms with Crippen LogP contribution in [-0.2, 0) is 16.1 Å². The molecule has 1 fully saturated rings. The zero-order chi connectivity index (χ0) is 27.4. The third-order valence-corrected chi connectivity index (χ3v) is 6.87. The first-order chi connectivity index (χ1) is 19.0. The highest BCUT2D eigenvalue weighted by Crippen LogP contribution is 2.39. The zero-order valence-electron chi connectivity index (χ0n) is 22.0. The maximum Gasteiger partial charge on any atom is 0.272 e. The number of carbonyl (C=O) groups is 2. The van der Waals surface area contributed by atoms with E-state index >= 15 is 0 Å². The van der Waals surface area contributed by atoms with Crippen molar-refractivity contribution in [1.82, 2.24) is 35.7 Å². The van der Waals surface area contributed by atoms with Crippen molar-refractivity contribution >= 4 is 24.2 Å². The number of benzene rings is 1. The van der Waals surface area contributed by atoms with Crippen LogP contribution in [0.25, 0.3) is 17.5 Å². The molecule has 200 valence electrons. The molecule has 39 heavy (non-hydrogen) atoms. The zero-order valence-corrected chi connectivity index (χ0v) is 22.0. The van der Waals surface area contributed by atoms with Gasteiger partial charge in [-0.3, -0.25) is 14.7 Å². The fraction of sp³-hybridized carbons (Fsp3) is 0.276. The molecule has 2 aliphatic rings. The number of hydrogen-bond acceptors (Lipinski definition) is 6. The maximum atomic E-state index is 13.2. The number of rotatable bonds is 9. The molecule has 5 N–H and O–H groups in total. The van der Waals surface area contributed by atoms with Gasteiger partial charge in [-0.05, 0) is 31.4 Å². The molecule has 1 aromatic carbocycles. The van der Waals surface area contributed by atoms with Crippen LogP contribution in [-0.4, -0.2) is 44.8 Å². The van der Waals surface area contributed by atoms with Crippen LogP contribution in [0.2, 0.25) is 0 Å². The molecule has 1 aliphatic carbocycles. The molecule has 0 radical (unpaired) electrons. The molecule has 1 aliphatic heterocycles. The van der Waals surface area contributed by atoms with E-state index in [-0.39, 0.29) is 23.7 Å². The Morgan fingerprint density at radius 1 is 1.21 bits per heavy atom. The number of likely N-dealkylation sites (N-methyl/N-ethyl adjacent to an activating group) is 1. The Hall–Kier alpha value is -4.73. The lowest BCUT2D eigenvalue weighted by Crippen LogP contribution is -2.35. The molecular formula is C29H32N8O2. The van der Waals surface area contributed by atoms with Crippen molar-refractivity contribution in [3.05, 3.63) is 88.9 Å². The van der Waals surface area contributed by atoms with E-state index in [1.54, 1.807) is 13.1 Å². The van der Waals surface area contributed by atoms with Gasteiger partial charge in [0.25, 0.3) is 11.8 Å². The number of carbonyl (C=O) groups excluding carboxylic acids is 2. The Kier molecular flexibility index (Phi) is 7.53. The minimum Gasteiger partial charge on any atom is -0.383 e. The van der Waals surface area contributed by atoms with Crippen LogP contribution in [0.1, 0.15) is 55.2 Å². The van der Waals surface area contributed by atoms with Crippen LogP contribution in [0.5, 0.6) is 0 Å². The third kappa shape index (κ3) is 5.90. The molecule has 0 bridgehead atoms. The summed E-state index contributed by atoms with van der Waals surface area (Å²) in [5.74, 6) is 0.537. The minimum atomic E-state index is -0.534. The summed E-state index contributed by atoms with van der Waals surface area (Å²) in [5.41, 5.74) is 4.23. The summed E-state index contributed by atoms with van der Waals surface area (Å²) in [5, 5.41) is 23.5. The SMILES string of the molecule is CN/C(C(=O)NC1=C\CC(C)c2nc(-c3ccccc3)cn2/C=C\1)=C(\C=N)C(=O)NCc1cc(C2CC2)[nH]n1. The summed E-state index contributed by atoms with van der Waals surface area (Å²) in [6.45, 7) is 2.29. The van der Waals surface area contributed by atoms with Gasteiger partial charge in [0.1, 0.15) is 11.5 Å². The Bertz CT molecular complexity index is 1470.